The number of hydrogen-bond acceptors (Lipinski definition) is 3. The minimum atomic E-state index is -0.884. The number of aromatic nitrogens is 2. The maximum atomic E-state index is 11.3. The van der Waals surface area contributed by atoms with Crippen LogP contribution in [0.5, 0.6) is 0 Å². The highest BCUT2D eigenvalue weighted by atomic mass is 16.4. The molecule has 0 amide bonds. The van der Waals surface area contributed by atoms with E-state index in [4.69, 9.17) is 0 Å². The number of hydrogen-bond donors (Lipinski definition) is 2. The van der Waals surface area contributed by atoms with Crippen LogP contribution in [-0.4, -0.2) is 26.4 Å². The Morgan fingerprint density at radius 3 is 2.43 bits per heavy atom. The van der Waals surface area contributed by atoms with Gasteiger partial charge in [0.05, 0.1) is 11.9 Å². The lowest BCUT2D eigenvalue weighted by molar-refractivity contribution is -0.0209. The van der Waals surface area contributed by atoms with Crippen LogP contribution in [0.2, 0.25) is 0 Å². The molecule has 0 unspecified atom stereocenters. The Hall–Kier alpha value is -1.36. The zero-order valence-corrected chi connectivity index (χ0v) is 12.5. The summed E-state index contributed by atoms with van der Waals surface area (Å²) in [7, 11) is 1.82. The Balaban J connectivity index is 1.52. The first-order chi connectivity index (χ1) is 10.0. The second-order valence-corrected chi connectivity index (χ2v) is 7.49. The highest BCUT2D eigenvalue weighted by Gasteiger charge is 2.50. The topological polar surface area (TPSA) is 67.2 Å². The maximum Gasteiger partial charge on any atom is 0.339 e. The molecule has 5 heteroatoms. The number of rotatable bonds is 4. The van der Waals surface area contributed by atoms with Gasteiger partial charge in [-0.25, -0.2) is 4.79 Å². The van der Waals surface area contributed by atoms with Crippen LogP contribution in [0.3, 0.4) is 0 Å². The highest BCUT2D eigenvalue weighted by molar-refractivity contribution is 5.88. The van der Waals surface area contributed by atoms with Gasteiger partial charge in [0.1, 0.15) is 5.56 Å². The predicted octanol–water partition coefficient (Wildman–Crippen LogP) is 2.18. The molecule has 114 valence electrons. The SMILES string of the molecule is Cn1ncc(C(=O)O)c1CNC12CC3CC(CC(C3)C1)C2. The summed E-state index contributed by atoms with van der Waals surface area (Å²) in [4.78, 5) is 11.3. The van der Waals surface area contributed by atoms with Gasteiger partial charge in [-0.05, 0) is 56.3 Å². The number of aryl methyl sites for hydroxylation is 1. The fourth-order valence-electron chi connectivity index (χ4n) is 5.45. The summed E-state index contributed by atoms with van der Waals surface area (Å²) in [6, 6.07) is 0. The predicted molar refractivity (Wildman–Crippen MR) is 77.9 cm³/mol. The average Bonchev–Trinajstić information content (AvgIpc) is 2.76. The van der Waals surface area contributed by atoms with E-state index in [1.807, 2.05) is 7.05 Å². The number of carboxylic acids is 1. The molecule has 4 aliphatic rings. The minimum absolute atomic E-state index is 0.259. The van der Waals surface area contributed by atoms with Gasteiger partial charge in [0, 0.05) is 19.1 Å². The first-order valence-electron chi connectivity index (χ1n) is 8.04. The Bertz CT molecular complexity index is 543. The van der Waals surface area contributed by atoms with E-state index in [2.05, 4.69) is 10.4 Å². The van der Waals surface area contributed by atoms with E-state index >= 15 is 0 Å². The highest BCUT2D eigenvalue weighted by Crippen LogP contribution is 2.55. The molecule has 0 aromatic carbocycles. The van der Waals surface area contributed by atoms with Crippen molar-refractivity contribution in [1.82, 2.24) is 15.1 Å². The molecule has 1 heterocycles. The summed E-state index contributed by atoms with van der Waals surface area (Å²) in [5, 5.41) is 17.1. The summed E-state index contributed by atoms with van der Waals surface area (Å²) in [6.07, 6.45) is 9.56. The summed E-state index contributed by atoms with van der Waals surface area (Å²) in [5.41, 5.74) is 1.38. The molecule has 1 aromatic heterocycles. The van der Waals surface area contributed by atoms with Crippen LogP contribution >= 0.6 is 0 Å². The molecule has 21 heavy (non-hydrogen) atoms. The van der Waals surface area contributed by atoms with Crippen molar-refractivity contribution in [2.75, 3.05) is 0 Å². The Kier molecular flexibility index (Phi) is 2.89. The second kappa shape index (κ2) is 4.57. The smallest absolute Gasteiger partial charge is 0.339 e. The van der Waals surface area contributed by atoms with Crippen molar-refractivity contribution in [1.29, 1.82) is 0 Å². The molecular weight excluding hydrogens is 266 g/mol. The van der Waals surface area contributed by atoms with Gasteiger partial charge in [0.2, 0.25) is 0 Å². The van der Waals surface area contributed by atoms with Gasteiger partial charge in [-0.15, -0.1) is 0 Å². The lowest BCUT2D eigenvalue weighted by Crippen LogP contribution is -2.58. The van der Waals surface area contributed by atoms with Crippen molar-refractivity contribution in [2.45, 2.75) is 50.6 Å². The molecule has 0 radical (unpaired) electrons. The second-order valence-electron chi connectivity index (χ2n) is 7.49. The Labute approximate surface area is 124 Å². The summed E-state index contributed by atoms with van der Waals surface area (Å²) < 4.78 is 1.69. The molecule has 4 bridgehead atoms. The van der Waals surface area contributed by atoms with Crippen molar-refractivity contribution in [3.63, 3.8) is 0 Å². The summed E-state index contributed by atoms with van der Waals surface area (Å²) >= 11 is 0. The molecule has 4 aliphatic carbocycles. The molecule has 1 aromatic rings. The largest absolute Gasteiger partial charge is 0.478 e. The zero-order chi connectivity index (χ0) is 14.6. The van der Waals surface area contributed by atoms with Crippen molar-refractivity contribution >= 4 is 5.97 Å². The normalized spacial score (nSPS) is 37.1. The van der Waals surface area contributed by atoms with E-state index in [9.17, 15) is 9.90 Å². The number of nitrogens with one attached hydrogen (secondary N) is 1. The monoisotopic (exact) mass is 289 g/mol. The van der Waals surface area contributed by atoms with E-state index in [1.54, 1.807) is 4.68 Å². The molecule has 4 saturated carbocycles. The third-order valence-electron chi connectivity index (χ3n) is 5.96. The Morgan fingerprint density at radius 2 is 1.90 bits per heavy atom. The van der Waals surface area contributed by atoms with Crippen molar-refractivity contribution in [3.05, 3.63) is 17.5 Å². The third-order valence-corrected chi connectivity index (χ3v) is 5.96. The van der Waals surface area contributed by atoms with Crippen LogP contribution < -0.4 is 5.32 Å². The van der Waals surface area contributed by atoms with Crippen LogP contribution in [-0.2, 0) is 13.6 Å². The van der Waals surface area contributed by atoms with Crippen molar-refractivity contribution < 1.29 is 9.90 Å². The van der Waals surface area contributed by atoms with Crippen LogP contribution in [0, 0.1) is 17.8 Å². The lowest BCUT2D eigenvalue weighted by Gasteiger charge is -2.57. The molecule has 5 nitrogen and oxygen atoms in total. The quantitative estimate of drug-likeness (QED) is 0.891. The number of carboxylic acid groups (broad SMARTS) is 1. The van der Waals surface area contributed by atoms with E-state index in [0.717, 1.165) is 23.4 Å². The lowest BCUT2D eigenvalue weighted by atomic mass is 9.53. The fraction of sp³-hybridized carbons (Fsp3) is 0.750. The summed E-state index contributed by atoms with van der Waals surface area (Å²) in [6.45, 7) is 0.615. The van der Waals surface area contributed by atoms with E-state index in [0.29, 0.717) is 12.1 Å². The molecule has 0 atom stereocenters. The zero-order valence-electron chi connectivity index (χ0n) is 12.5. The Morgan fingerprint density at radius 1 is 1.33 bits per heavy atom. The van der Waals surface area contributed by atoms with Crippen LogP contribution in [0.4, 0.5) is 0 Å². The number of aromatic carboxylic acids is 1. The van der Waals surface area contributed by atoms with E-state index < -0.39 is 5.97 Å². The van der Waals surface area contributed by atoms with Crippen molar-refractivity contribution in [3.8, 4) is 0 Å². The molecule has 2 N–H and O–H groups in total. The molecule has 5 rings (SSSR count). The molecule has 0 aliphatic heterocycles. The van der Waals surface area contributed by atoms with Gasteiger partial charge in [-0.3, -0.25) is 4.68 Å². The van der Waals surface area contributed by atoms with Crippen LogP contribution in [0.15, 0.2) is 6.20 Å². The molecule has 4 fully saturated rings. The molecule has 0 spiro atoms. The number of carbonyl (C=O) groups is 1. The maximum absolute atomic E-state index is 11.3. The standard InChI is InChI=1S/C16H23N3O2/c1-19-14(13(8-18-19)15(20)21)9-17-16-5-10-2-11(6-16)4-12(3-10)7-16/h8,10-12,17H,2-7,9H2,1H3,(H,20,21). The van der Waals surface area contributed by atoms with E-state index in [-0.39, 0.29) is 5.54 Å². The molecule has 0 saturated heterocycles. The third kappa shape index (κ3) is 2.18. The van der Waals surface area contributed by atoms with Crippen LogP contribution in [0.25, 0.3) is 0 Å². The van der Waals surface area contributed by atoms with Gasteiger partial charge < -0.3 is 10.4 Å². The minimum Gasteiger partial charge on any atom is -0.478 e. The average molecular weight is 289 g/mol. The van der Waals surface area contributed by atoms with Gasteiger partial charge in [0.25, 0.3) is 0 Å². The summed E-state index contributed by atoms with van der Waals surface area (Å²) in [5.74, 6) is 1.81. The van der Waals surface area contributed by atoms with Gasteiger partial charge in [0.15, 0.2) is 0 Å². The first kappa shape index (κ1) is 13.3. The first-order valence-corrected chi connectivity index (χ1v) is 8.04. The fourth-order valence-corrected chi connectivity index (χ4v) is 5.45. The number of nitrogens with zero attached hydrogens (tertiary/aromatic N) is 2. The van der Waals surface area contributed by atoms with Crippen LogP contribution in [0.1, 0.15) is 54.6 Å². The van der Waals surface area contributed by atoms with Gasteiger partial charge in [-0.1, -0.05) is 0 Å². The van der Waals surface area contributed by atoms with E-state index in [1.165, 1.54) is 44.7 Å². The van der Waals surface area contributed by atoms with Gasteiger partial charge >= 0.3 is 5.97 Å². The van der Waals surface area contributed by atoms with Crippen molar-refractivity contribution in [2.24, 2.45) is 24.8 Å². The molecular formula is C16H23N3O2. The van der Waals surface area contributed by atoms with Gasteiger partial charge in [-0.2, -0.15) is 5.10 Å².